The van der Waals surface area contributed by atoms with E-state index in [1.165, 1.54) is 0 Å². The first kappa shape index (κ1) is 20.1. The molecule has 2 aromatic heterocycles. The minimum absolute atomic E-state index is 0.126. The normalized spacial score (nSPS) is 20.9. The number of aliphatic hydroxyl groups excluding tert-OH is 1. The lowest BCUT2D eigenvalue weighted by Gasteiger charge is -2.35. The summed E-state index contributed by atoms with van der Waals surface area (Å²) < 4.78 is 7.32. The number of aliphatic hydroxyl groups is 1. The lowest BCUT2D eigenvalue weighted by molar-refractivity contribution is 0.0979. The Morgan fingerprint density at radius 2 is 2.03 bits per heavy atom. The second kappa shape index (κ2) is 8.76. The van der Waals surface area contributed by atoms with Gasteiger partial charge in [0.25, 0.3) is 0 Å². The smallest absolute Gasteiger partial charge is 0.162 e. The Morgan fingerprint density at radius 3 is 2.84 bits per heavy atom. The van der Waals surface area contributed by atoms with Crippen LogP contribution >= 0.6 is 0 Å². The SMILES string of the molecule is CCn1cc([C@H](O)[C@H]2CCCN(c3nnnc4cc(N5CCOCC5)ccc34)C2)cn1. The number of anilines is 2. The molecule has 0 amide bonds. The molecule has 0 radical (unpaired) electrons. The zero-order valence-corrected chi connectivity index (χ0v) is 17.9. The summed E-state index contributed by atoms with van der Waals surface area (Å²) in [5, 5.41) is 29.0. The molecule has 0 bridgehead atoms. The number of aryl methyl sites for hydroxylation is 1. The van der Waals surface area contributed by atoms with Gasteiger partial charge in [-0.25, -0.2) is 0 Å². The Kier molecular flexibility index (Phi) is 5.69. The van der Waals surface area contributed by atoms with Gasteiger partial charge in [0, 0.05) is 61.5 Å². The standard InChI is InChI=1S/C22H29N7O2/c1-2-29-15-17(13-23-29)21(30)16-4-3-7-28(14-16)22-19-6-5-18(12-20(19)24-26-25-22)27-8-10-31-11-9-27/h5-6,12-13,15-16,21,30H,2-4,7-11,14H2,1H3/t16-,21+/m0/s1. The van der Waals surface area contributed by atoms with Crippen molar-refractivity contribution >= 4 is 22.4 Å². The van der Waals surface area contributed by atoms with Crippen LogP contribution in [0.2, 0.25) is 0 Å². The van der Waals surface area contributed by atoms with Crippen molar-refractivity contribution in [2.24, 2.45) is 5.92 Å². The minimum atomic E-state index is -0.530. The van der Waals surface area contributed by atoms with Gasteiger partial charge < -0.3 is 19.6 Å². The molecular weight excluding hydrogens is 394 g/mol. The highest BCUT2D eigenvalue weighted by molar-refractivity contribution is 5.91. The number of benzene rings is 1. The Morgan fingerprint density at radius 1 is 1.16 bits per heavy atom. The summed E-state index contributed by atoms with van der Waals surface area (Å²) in [6, 6.07) is 6.33. The predicted molar refractivity (Wildman–Crippen MR) is 118 cm³/mol. The summed E-state index contributed by atoms with van der Waals surface area (Å²) in [5.41, 5.74) is 2.87. The molecule has 2 aliphatic heterocycles. The quantitative estimate of drug-likeness (QED) is 0.666. The Balaban J connectivity index is 1.38. The van der Waals surface area contributed by atoms with E-state index in [4.69, 9.17) is 4.74 Å². The van der Waals surface area contributed by atoms with Crippen molar-refractivity contribution in [2.45, 2.75) is 32.4 Å². The third-order valence-electron chi connectivity index (χ3n) is 6.41. The van der Waals surface area contributed by atoms with Crippen LogP contribution < -0.4 is 9.80 Å². The maximum atomic E-state index is 11.0. The number of hydrogen-bond donors (Lipinski definition) is 1. The molecule has 31 heavy (non-hydrogen) atoms. The van der Waals surface area contributed by atoms with Gasteiger partial charge in [0.2, 0.25) is 0 Å². The van der Waals surface area contributed by atoms with Gasteiger partial charge in [-0.1, -0.05) is 0 Å². The van der Waals surface area contributed by atoms with Crippen LogP contribution in [0.1, 0.15) is 31.4 Å². The second-order valence-electron chi connectivity index (χ2n) is 8.34. The highest BCUT2D eigenvalue weighted by Gasteiger charge is 2.29. The molecule has 0 spiro atoms. The molecular formula is C22H29N7O2. The van der Waals surface area contributed by atoms with Crippen molar-refractivity contribution in [1.29, 1.82) is 0 Å². The number of piperidine rings is 1. The van der Waals surface area contributed by atoms with E-state index in [-0.39, 0.29) is 5.92 Å². The average Bonchev–Trinajstić information content (AvgIpc) is 3.33. The van der Waals surface area contributed by atoms with E-state index in [2.05, 4.69) is 48.5 Å². The van der Waals surface area contributed by atoms with Gasteiger partial charge in [-0.15, -0.1) is 10.2 Å². The highest BCUT2D eigenvalue weighted by atomic mass is 16.5. The molecule has 164 valence electrons. The summed E-state index contributed by atoms with van der Waals surface area (Å²) in [5.74, 6) is 0.973. The number of rotatable bonds is 5. The van der Waals surface area contributed by atoms with Gasteiger partial charge in [-0.3, -0.25) is 4.68 Å². The van der Waals surface area contributed by atoms with Crippen LogP contribution in [0.25, 0.3) is 10.9 Å². The van der Waals surface area contributed by atoms with Crippen LogP contribution in [-0.4, -0.2) is 69.7 Å². The van der Waals surface area contributed by atoms with Crippen LogP contribution in [0.3, 0.4) is 0 Å². The lowest BCUT2D eigenvalue weighted by atomic mass is 9.89. The molecule has 3 aromatic rings. The van der Waals surface area contributed by atoms with Crippen molar-refractivity contribution in [3.63, 3.8) is 0 Å². The first-order valence-corrected chi connectivity index (χ1v) is 11.1. The van der Waals surface area contributed by atoms with Crippen LogP contribution in [-0.2, 0) is 11.3 Å². The fourth-order valence-corrected chi connectivity index (χ4v) is 4.65. The van der Waals surface area contributed by atoms with Crippen LogP contribution in [0, 0.1) is 5.92 Å². The van der Waals surface area contributed by atoms with E-state index in [1.807, 2.05) is 17.8 Å². The molecule has 2 atom stereocenters. The van der Waals surface area contributed by atoms with E-state index in [1.54, 1.807) is 6.20 Å². The molecule has 0 aliphatic carbocycles. The third kappa shape index (κ3) is 4.07. The Labute approximate surface area is 181 Å². The van der Waals surface area contributed by atoms with Crippen molar-refractivity contribution in [3.8, 4) is 0 Å². The van der Waals surface area contributed by atoms with Crippen LogP contribution in [0.5, 0.6) is 0 Å². The van der Waals surface area contributed by atoms with E-state index in [9.17, 15) is 5.11 Å². The van der Waals surface area contributed by atoms with Gasteiger partial charge >= 0.3 is 0 Å². The number of hydrogen-bond acceptors (Lipinski definition) is 8. The van der Waals surface area contributed by atoms with Gasteiger partial charge in [0.05, 0.1) is 25.5 Å². The Hall–Kier alpha value is -2.78. The fourth-order valence-electron chi connectivity index (χ4n) is 4.65. The summed E-state index contributed by atoms with van der Waals surface area (Å²) in [4.78, 5) is 4.56. The first-order chi connectivity index (χ1) is 15.2. The van der Waals surface area contributed by atoms with Crippen LogP contribution in [0.4, 0.5) is 11.5 Å². The van der Waals surface area contributed by atoms with Gasteiger partial charge in [0.15, 0.2) is 5.82 Å². The average molecular weight is 424 g/mol. The molecule has 9 heteroatoms. The molecule has 5 rings (SSSR count). The molecule has 0 unspecified atom stereocenters. The summed E-state index contributed by atoms with van der Waals surface area (Å²) in [6.45, 7) is 7.75. The van der Waals surface area contributed by atoms with Crippen molar-refractivity contribution in [1.82, 2.24) is 25.2 Å². The number of aromatic nitrogens is 5. The van der Waals surface area contributed by atoms with Crippen molar-refractivity contribution < 1.29 is 9.84 Å². The largest absolute Gasteiger partial charge is 0.388 e. The van der Waals surface area contributed by atoms with Gasteiger partial charge in [-0.2, -0.15) is 5.10 Å². The molecule has 1 aromatic carbocycles. The fraction of sp³-hybridized carbons (Fsp3) is 0.545. The van der Waals surface area contributed by atoms with Gasteiger partial charge in [-0.05, 0) is 43.2 Å². The third-order valence-corrected chi connectivity index (χ3v) is 6.41. The predicted octanol–water partition coefficient (Wildman–Crippen LogP) is 2.03. The maximum absolute atomic E-state index is 11.0. The van der Waals surface area contributed by atoms with Crippen molar-refractivity contribution in [3.05, 3.63) is 36.2 Å². The molecule has 4 heterocycles. The van der Waals surface area contributed by atoms with Gasteiger partial charge in [0.1, 0.15) is 5.52 Å². The zero-order chi connectivity index (χ0) is 21.2. The van der Waals surface area contributed by atoms with Crippen LogP contribution in [0.15, 0.2) is 30.6 Å². The second-order valence-corrected chi connectivity index (χ2v) is 8.34. The molecule has 2 aliphatic rings. The van der Waals surface area contributed by atoms with Crippen molar-refractivity contribution in [2.75, 3.05) is 49.2 Å². The van der Waals surface area contributed by atoms with E-state index < -0.39 is 6.10 Å². The zero-order valence-electron chi connectivity index (χ0n) is 17.9. The van der Waals surface area contributed by atoms with E-state index in [0.717, 1.165) is 86.8 Å². The van der Waals surface area contributed by atoms with E-state index in [0.29, 0.717) is 0 Å². The maximum Gasteiger partial charge on any atom is 0.162 e. The molecule has 2 saturated heterocycles. The molecule has 1 N–H and O–H groups in total. The summed E-state index contributed by atoms with van der Waals surface area (Å²) in [6.07, 6.45) is 5.17. The molecule has 0 saturated carbocycles. The highest BCUT2D eigenvalue weighted by Crippen LogP contribution is 2.34. The first-order valence-electron chi connectivity index (χ1n) is 11.1. The topological polar surface area (TPSA) is 92.4 Å². The number of ether oxygens (including phenoxy) is 1. The minimum Gasteiger partial charge on any atom is -0.388 e. The number of nitrogens with zero attached hydrogens (tertiary/aromatic N) is 7. The summed E-state index contributed by atoms with van der Waals surface area (Å²) in [7, 11) is 0. The molecule has 2 fully saturated rings. The van der Waals surface area contributed by atoms with E-state index >= 15 is 0 Å². The molecule has 9 nitrogen and oxygen atoms in total. The Bertz CT molecular complexity index is 1030. The lowest BCUT2D eigenvalue weighted by Crippen LogP contribution is -2.38. The summed E-state index contributed by atoms with van der Waals surface area (Å²) >= 11 is 0. The number of morpholine rings is 1. The monoisotopic (exact) mass is 423 g/mol. The number of fused-ring (bicyclic) bond motifs is 1.